The summed E-state index contributed by atoms with van der Waals surface area (Å²) in [5.41, 5.74) is 6.23. The van der Waals surface area contributed by atoms with Crippen LogP contribution in [0.3, 0.4) is 0 Å². The molecule has 0 aliphatic rings. The van der Waals surface area contributed by atoms with Crippen molar-refractivity contribution in [3.8, 4) is 5.88 Å². The van der Waals surface area contributed by atoms with E-state index in [0.717, 1.165) is 0 Å². The molecule has 0 aromatic carbocycles. The minimum absolute atomic E-state index is 0.107. The molecule has 0 atom stereocenters. The lowest BCUT2D eigenvalue weighted by Gasteiger charge is -2.05. The highest BCUT2D eigenvalue weighted by atomic mass is 32.2. The van der Waals surface area contributed by atoms with Gasteiger partial charge >= 0.3 is 0 Å². The molecule has 1 aromatic heterocycles. The van der Waals surface area contributed by atoms with Crippen molar-refractivity contribution in [2.45, 2.75) is 5.03 Å². The van der Waals surface area contributed by atoms with Gasteiger partial charge in [-0.15, -0.1) is 11.8 Å². The molecule has 1 aromatic rings. The molecule has 1 heterocycles. The molecule has 2 N–H and O–H groups in total. The van der Waals surface area contributed by atoms with Crippen molar-refractivity contribution in [1.29, 1.82) is 0 Å². The molecular formula is C9H14N2O3S2. The molecular weight excluding hydrogens is 248 g/mol. The Hall–Kier alpha value is -0.950. The number of pyridine rings is 1. The fourth-order valence-corrected chi connectivity index (χ4v) is 3.08. The van der Waals surface area contributed by atoms with Crippen molar-refractivity contribution in [2.24, 2.45) is 0 Å². The minimum Gasteiger partial charge on any atom is -0.481 e. The molecule has 0 fully saturated rings. The predicted octanol–water partition coefficient (Wildman–Crippen LogP) is 0.809. The number of methoxy groups -OCH3 is 1. The van der Waals surface area contributed by atoms with Crippen molar-refractivity contribution in [3.05, 3.63) is 12.1 Å². The number of hydrogen-bond donors (Lipinski definition) is 1. The second kappa shape index (κ2) is 5.40. The quantitative estimate of drug-likeness (QED) is 0.791. The summed E-state index contributed by atoms with van der Waals surface area (Å²) in [7, 11) is -1.43. The number of sulfone groups is 1. The third kappa shape index (κ3) is 4.28. The Morgan fingerprint density at radius 1 is 1.50 bits per heavy atom. The monoisotopic (exact) mass is 262 g/mol. The number of anilines is 1. The zero-order valence-corrected chi connectivity index (χ0v) is 10.8. The molecule has 0 amide bonds. The Morgan fingerprint density at radius 3 is 2.75 bits per heavy atom. The van der Waals surface area contributed by atoms with Crippen molar-refractivity contribution >= 4 is 27.3 Å². The average Bonchev–Trinajstić information content (AvgIpc) is 2.19. The summed E-state index contributed by atoms with van der Waals surface area (Å²) in [5, 5.41) is 0.600. The van der Waals surface area contributed by atoms with Gasteiger partial charge in [-0.2, -0.15) is 0 Å². The molecule has 90 valence electrons. The first-order valence-electron chi connectivity index (χ1n) is 4.53. The molecule has 0 aliphatic carbocycles. The average molecular weight is 262 g/mol. The standard InChI is InChI=1S/C9H14N2O3S2/c1-14-8-4-3-7(10)9(11-8)15-5-6-16(2,12)13/h3-4H,5-6,10H2,1-2H3. The molecule has 7 heteroatoms. The van der Waals surface area contributed by atoms with Crippen LogP contribution in [0.1, 0.15) is 0 Å². The lowest BCUT2D eigenvalue weighted by atomic mass is 10.4. The molecule has 5 nitrogen and oxygen atoms in total. The Kier molecular flexibility index (Phi) is 4.43. The van der Waals surface area contributed by atoms with Crippen LogP contribution < -0.4 is 10.5 Å². The van der Waals surface area contributed by atoms with E-state index in [-0.39, 0.29) is 5.75 Å². The Bertz CT molecular complexity index is 460. The smallest absolute Gasteiger partial charge is 0.214 e. The second-order valence-corrected chi connectivity index (χ2v) is 6.57. The number of nitrogens with two attached hydrogens (primary N) is 1. The highest BCUT2D eigenvalue weighted by Gasteiger charge is 2.07. The summed E-state index contributed by atoms with van der Waals surface area (Å²) in [4.78, 5) is 4.13. The predicted molar refractivity (Wildman–Crippen MR) is 65.6 cm³/mol. The number of aromatic nitrogens is 1. The summed E-state index contributed by atoms with van der Waals surface area (Å²) in [5.74, 6) is 1.01. The van der Waals surface area contributed by atoms with E-state index in [0.29, 0.717) is 22.3 Å². The van der Waals surface area contributed by atoms with Crippen LogP contribution in [0.5, 0.6) is 5.88 Å². The zero-order chi connectivity index (χ0) is 12.2. The van der Waals surface area contributed by atoms with Gasteiger partial charge in [-0.1, -0.05) is 0 Å². The number of hydrogen-bond acceptors (Lipinski definition) is 6. The zero-order valence-electron chi connectivity index (χ0n) is 9.13. The highest BCUT2D eigenvalue weighted by molar-refractivity contribution is 8.00. The first-order valence-corrected chi connectivity index (χ1v) is 7.58. The molecule has 0 bridgehead atoms. The molecule has 0 aliphatic heterocycles. The van der Waals surface area contributed by atoms with Crippen molar-refractivity contribution in [3.63, 3.8) is 0 Å². The van der Waals surface area contributed by atoms with Crippen LogP contribution in [-0.4, -0.2) is 38.3 Å². The van der Waals surface area contributed by atoms with Gasteiger partial charge in [-0.3, -0.25) is 0 Å². The third-order valence-electron chi connectivity index (χ3n) is 1.77. The maximum Gasteiger partial charge on any atom is 0.214 e. The largest absolute Gasteiger partial charge is 0.481 e. The first-order chi connectivity index (χ1) is 7.42. The maximum atomic E-state index is 10.9. The van der Waals surface area contributed by atoms with Crippen LogP contribution in [0.25, 0.3) is 0 Å². The lowest BCUT2D eigenvalue weighted by molar-refractivity contribution is 0.395. The van der Waals surface area contributed by atoms with Crippen LogP contribution in [0.4, 0.5) is 5.69 Å². The number of nitrogen functional groups attached to an aromatic ring is 1. The third-order valence-corrected chi connectivity index (χ3v) is 3.98. The number of ether oxygens (including phenoxy) is 1. The number of thioether (sulfide) groups is 1. The van der Waals surface area contributed by atoms with Crippen LogP contribution in [0.2, 0.25) is 0 Å². The number of rotatable bonds is 5. The van der Waals surface area contributed by atoms with Crippen molar-refractivity contribution < 1.29 is 13.2 Å². The van der Waals surface area contributed by atoms with Gasteiger partial charge in [0.05, 0.1) is 18.6 Å². The van der Waals surface area contributed by atoms with Gasteiger partial charge in [0.1, 0.15) is 14.9 Å². The van der Waals surface area contributed by atoms with Crippen LogP contribution in [-0.2, 0) is 9.84 Å². The van der Waals surface area contributed by atoms with E-state index >= 15 is 0 Å². The highest BCUT2D eigenvalue weighted by Crippen LogP contribution is 2.25. The SMILES string of the molecule is COc1ccc(N)c(SCCS(C)(=O)=O)n1. The van der Waals surface area contributed by atoms with Gasteiger partial charge < -0.3 is 10.5 Å². The molecule has 0 spiro atoms. The van der Waals surface area contributed by atoms with E-state index in [1.54, 1.807) is 12.1 Å². The van der Waals surface area contributed by atoms with E-state index in [2.05, 4.69) is 4.98 Å². The summed E-state index contributed by atoms with van der Waals surface area (Å²) in [6.07, 6.45) is 1.20. The molecule has 0 saturated carbocycles. The fraction of sp³-hybridized carbons (Fsp3) is 0.444. The van der Waals surface area contributed by atoms with Gasteiger partial charge in [-0.05, 0) is 6.07 Å². The molecule has 0 unspecified atom stereocenters. The molecule has 0 saturated heterocycles. The molecule has 1 rings (SSSR count). The number of nitrogens with zero attached hydrogens (tertiary/aromatic N) is 1. The van der Waals surface area contributed by atoms with Crippen LogP contribution >= 0.6 is 11.8 Å². The summed E-state index contributed by atoms with van der Waals surface area (Å²) in [6.45, 7) is 0. The lowest BCUT2D eigenvalue weighted by Crippen LogP contribution is -2.05. The van der Waals surface area contributed by atoms with Crippen LogP contribution in [0, 0.1) is 0 Å². The fourth-order valence-electron chi connectivity index (χ4n) is 0.953. The normalized spacial score (nSPS) is 11.4. The van der Waals surface area contributed by atoms with E-state index in [9.17, 15) is 8.42 Å². The Labute approximate surface area is 99.3 Å². The van der Waals surface area contributed by atoms with E-state index < -0.39 is 9.84 Å². The molecule has 0 radical (unpaired) electrons. The van der Waals surface area contributed by atoms with Crippen LogP contribution in [0.15, 0.2) is 17.2 Å². The minimum atomic E-state index is -2.94. The van der Waals surface area contributed by atoms with Crippen molar-refractivity contribution in [2.75, 3.05) is 30.6 Å². The van der Waals surface area contributed by atoms with E-state index in [4.69, 9.17) is 10.5 Å². The van der Waals surface area contributed by atoms with E-state index in [1.165, 1.54) is 25.1 Å². The van der Waals surface area contributed by atoms with E-state index in [1.807, 2.05) is 0 Å². The summed E-state index contributed by atoms with van der Waals surface area (Å²) in [6, 6.07) is 3.35. The van der Waals surface area contributed by atoms with Gasteiger partial charge in [0.15, 0.2) is 0 Å². The van der Waals surface area contributed by atoms with Gasteiger partial charge in [0.25, 0.3) is 0 Å². The van der Waals surface area contributed by atoms with Gasteiger partial charge in [0, 0.05) is 18.1 Å². The second-order valence-electron chi connectivity index (χ2n) is 3.23. The maximum absolute atomic E-state index is 10.9. The van der Waals surface area contributed by atoms with Gasteiger partial charge in [-0.25, -0.2) is 13.4 Å². The first kappa shape index (κ1) is 13.1. The topological polar surface area (TPSA) is 82.3 Å². The molecule has 16 heavy (non-hydrogen) atoms. The Balaban J connectivity index is 2.66. The van der Waals surface area contributed by atoms with Crippen molar-refractivity contribution in [1.82, 2.24) is 4.98 Å². The Morgan fingerprint density at radius 2 is 2.19 bits per heavy atom. The summed E-state index contributed by atoms with van der Waals surface area (Å²) < 4.78 is 26.8. The van der Waals surface area contributed by atoms with Gasteiger partial charge in [0.2, 0.25) is 5.88 Å². The summed E-state index contributed by atoms with van der Waals surface area (Å²) >= 11 is 1.31.